The Hall–Kier alpha value is -3.15. The molecule has 0 aliphatic heterocycles. The van der Waals surface area contributed by atoms with Crippen LogP contribution in [0.25, 0.3) is 22.1 Å². The Labute approximate surface area is 180 Å². The van der Waals surface area contributed by atoms with Gasteiger partial charge in [-0.1, -0.05) is 38.8 Å². The fraction of sp³-hybridized carbons (Fsp3) is 0.360. The Balaban J connectivity index is 1.44. The first kappa shape index (κ1) is 21.1. The predicted molar refractivity (Wildman–Crippen MR) is 117 cm³/mol. The number of amides is 1. The van der Waals surface area contributed by atoms with Crippen molar-refractivity contribution >= 4 is 16.9 Å². The molecule has 162 valence electrons. The largest absolute Gasteiger partial charge is 0.484 e. The van der Waals surface area contributed by atoms with Crippen LogP contribution >= 0.6 is 0 Å². The Morgan fingerprint density at radius 2 is 1.94 bits per heavy atom. The molecule has 0 bridgehead atoms. The average Bonchev–Trinajstić information content (AvgIpc) is 2.76. The lowest BCUT2D eigenvalue weighted by Crippen LogP contribution is -2.45. The summed E-state index contributed by atoms with van der Waals surface area (Å²) in [5.74, 6) is 0.975. The van der Waals surface area contributed by atoms with Gasteiger partial charge >= 0.3 is 0 Å². The van der Waals surface area contributed by atoms with Crippen LogP contribution in [0.4, 0.5) is 4.39 Å². The smallest absolute Gasteiger partial charge is 0.258 e. The van der Waals surface area contributed by atoms with Crippen LogP contribution in [0.3, 0.4) is 0 Å². The number of halogens is 1. The van der Waals surface area contributed by atoms with E-state index in [1.165, 1.54) is 36.9 Å². The molecular formula is C25H26FNO4. The summed E-state index contributed by atoms with van der Waals surface area (Å²) < 4.78 is 24.4. The van der Waals surface area contributed by atoms with Crippen LogP contribution in [0, 0.1) is 17.7 Å². The van der Waals surface area contributed by atoms with Crippen molar-refractivity contribution in [2.24, 2.45) is 11.8 Å². The summed E-state index contributed by atoms with van der Waals surface area (Å²) >= 11 is 0. The van der Waals surface area contributed by atoms with Gasteiger partial charge in [0.1, 0.15) is 23.4 Å². The minimum Gasteiger partial charge on any atom is -0.484 e. The molecule has 1 aromatic heterocycles. The van der Waals surface area contributed by atoms with Gasteiger partial charge in [-0.3, -0.25) is 9.59 Å². The molecule has 6 heteroatoms. The highest BCUT2D eigenvalue weighted by Crippen LogP contribution is 2.29. The maximum Gasteiger partial charge on any atom is 0.258 e. The first-order valence-corrected chi connectivity index (χ1v) is 10.7. The molecule has 0 saturated heterocycles. The first-order valence-electron chi connectivity index (χ1n) is 10.7. The lowest BCUT2D eigenvalue weighted by Gasteiger charge is -2.34. The summed E-state index contributed by atoms with van der Waals surface area (Å²) in [7, 11) is 0. The second-order valence-electron chi connectivity index (χ2n) is 8.37. The molecule has 1 amide bonds. The number of carbonyl (C=O) groups is 1. The molecule has 5 nitrogen and oxygen atoms in total. The number of carbonyl (C=O) groups excluding carboxylic acids is 1. The third kappa shape index (κ3) is 4.63. The van der Waals surface area contributed by atoms with Gasteiger partial charge in [-0.15, -0.1) is 0 Å². The van der Waals surface area contributed by atoms with E-state index in [0.29, 0.717) is 39.7 Å². The number of hydrogen-bond acceptors (Lipinski definition) is 4. The van der Waals surface area contributed by atoms with Crippen molar-refractivity contribution in [1.29, 1.82) is 0 Å². The van der Waals surface area contributed by atoms with Gasteiger partial charge < -0.3 is 14.5 Å². The van der Waals surface area contributed by atoms with Crippen molar-refractivity contribution < 1.29 is 18.3 Å². The van der Waals surface area contributed by atoms with Crippen LogP contribution in [0.1, 0.15) is 33.1 Å². The van der Waals surface area contributed by atoms with E-state index in [2.05, 4.69) is 19.2 Å². The van der Waals surface area contributed by atoms with Gasteiger partial charge in [-0.05, 0) is 48.1 Å². The fourth-order valence-electron chi connectivity index (χ4n) is 4.21. The SMILES string of the molecule is CC1CCCC(NC(=O)COc2ccc3c(=O)c(-c4ccc(F)cc4)coc3c2)C1C. The summed E-state index contributed by atoms with van der Waals surface area (Å²) in [5, 5.41) is 3.47. The Kier molecular flexibility index (Phi) is 6.07. The number of nitrogens with one attached hydrogen (secondary N) is 1. The molecule has 4 rings (SSSR count). The van der Waals surface area contributed by atoms with Crippen molar-refractivity contribution in [2.75, 3.05) is 6.61 Å². The maximum atomic E-state index is 13.2. The molecule has 1 aliphatic rings. The van der Waals surface area contributed by atoms with E-state index in [9.17, 15) is 14.0 Å². The maximum absolute atomic E-state index is 13.2. The average molecular weight is 423 g/mol. The zero-order valence-corrected chi connectivity index (χ0v) is 17.7. The molecule has 0 spiro atoms. The van der Waals surface area contributed by atoms with Gasteiger partial charge in [0.25, 0.3) is 5.91 Å². The highest BCUT2D eigenvalue weighted by Gasteiger charge is 2.28. The van der Waals surface area contributed by atoms with Crippen LogP contribution < -0.4 is 15.5 Å². The van der Waals surface area contributed by atoms with Gasteiger partial charge in [0.2, 0.25) is 0 Å². The standard InChI is InChI=1S/C25H26FNO4/c1-15-4-3-5-22(16(15)2)27-24(28)14-30-19-10-11-20-23(12-19)31-13-21(25(20)29)17-6-8-18(26)9-7-17/h6-13,15-16,22H,3-5,14H2,1-2H3,(H,27,28). The normalized spacial score (nSPS) is 21.1. The zero-order valence-electron chi connectivity index (χ0n) is 17.7. The third-order valence-electron chi connectivity index (χ3n) is 6.32. The quantitative estimate of drug-likeness (QED) is 0.633. The van der Waals surface area contributed by atoms with E-state index in [4.69, 9.17) is 9.15 Å². The molecule has 3 atom stereocenters. The third-order valence-corrected chi connectivity index (χ3v) is 6.32. The van der Waals surface area contributed by atoms with Crippen molar-refractivity contribution in [2.45, 2.75) is 39.2 Å². The number of benzene rings is 2. The molecule has 1 fully saturated rings. The highest BCUT2D eigenvalue weighted by atomic mass is 19.1. The second kappa shape index (κ2) is 8.92. The second-order valence-corrected chi connectivity index (χ2v) is 8.37. The number of rotatable bonds is 5. The minimum absolute atomic E-state index is 0.0962. The summed E-state index contributed by atoms with van der Waals surface area (Å²) in [6.45, 7) is 4.31. The van der Waals surface area contributed by atoms with E-state index >= 15 is 0 Å². The predicted octanol–water partition coefficient (Wildman–Crippen LogP) is 4.92. The van der Waals surface area contributed by atoms with Gasteiger partial charge in [0, 0.05) is 12.1 Å². The molecule has 31 heavy (non-hydrogen) atoms. The summed E-state index contributed by atoms with van der Waals surface area (Å²) in [5.41, 5.74) is 1.10. The zero-order chi connectivity index (χ0) is 22.0. The van der Waals surface area contributed by atoms with Crippen LogP contribution in [0.15, 0.2) is 57.9 Å². The van der Waals surface area contributed by atoms with E-state index < -0.39 is 0 Å². The molecule has 2 aromatic carbocycles. The van der Waals surface area contributed by atoms with Crippen molar-refractivity contribution in [3.63, 3.8) is 0 Å². The van der Waals surface area contributed by atoms with Crippen LogP contribution in [0.5, 0.6) is 5.75 Å². The van der Waals surface area contributed by atoms with E-state index in [1.807, 2.05) is 0 Å². The molecule has 1 aliphatic carbocycles. The molecule has 3 aromatic rings. The highest BCUT2D eigenvalue weighted by molar-refractivity contribution is 5.83. The topological polar surface area (TPSA) is 68.5 Å². The van der Waals surface area contributed by atoms with Crippen molar-refractivity contribution in [1.82, 2.24) is 5.32 Å². The Morgan fingerprint density at radius 1 is 1.16 bits per heavy atom. The molecule has 1 heterocycles. The van der Waals surface area contributed by atoms with Crippen molar-refractivity contribution in [3.8, 4) is 16.9 Å². The van der Waals surface area contributed by atoms with Gasteiger partial charge in [0.05, 0.1) is 10.9 Å². The molecule has 3 unspecified atom stereocenters. The van der Waals surface area contributed by atoms with E-state index in [1.54, 1.807) is 18.2 Å². The van der Waals surface area contributed by atoms with E-state index in [0.717, 1.165) is 12.8 Å². The summed E-state index contributed by atoms with van der Waals surface area (Å²) in [4.78, 5) is 25.2. The van der Waals surface area contributed by atoms with Crippen LogP contribution in [-0.4, -0.2) is 18.6 Å². The number of hydrogen-bond donors (Lipinski definition) is 1. The molecule has 0 radical (unpaired) electrons. The van der Waals surface area contributed by atoms with Crippen molar-refractivity contribution in [3.05, 3.63) is 64.8 Å². The van der Waals surface area contributed by atoms with Gasteiger partial charge in [-0.25, -0.2) is 4.39 Å². The Bertz CT molecular complexity index is 1140. The Morgan fingerprint density at radius 3 is 2.71 bits per heavy atom. The first-order chi connectivity index (χ1) is 14.9. The summed E-state index contributed by atoms with van der Waals surface area (Å²) in [6.07, 6.45) is 4.69. The monoisotopic (exact) mass is 423 g/mol. The number of fused-ring (bicyclic) bond motifs is 1. The molecule has 1 saturated carbocycles. The molecular weight excluding hydrogens is 397 g/mol. The number of ether oxygens (including phenoxy) is 1. The summed E-state index contributed by atoms with van der Waals surface area (Å²) in [6, 6.07) is 10.7. The lowest BCUT2D eigenvalue weighted by atomic mass is 9.78. The van der Waals surface area contributed by atoms with E-state index in [-0.39, 0.29) is 29.8 Å². The lowest BCUT2D eigenvalue weighted by molar-refractivity contribution is -0.124. The molecule has 1 N–H and O–H groups in total. The van der Waals surface area contributed by atoms with Crippen LogP contribution in [-0.2, 0) is 4.79 Å². The van der Waals surface area contributed by atoms with Crippen LogP contribution in [0.2, 0.25) is 0 Å². The van der Waals surface area contributed by atoms with Gasteiger partial charge in [0.15, 0.2) is 12.0 Å². The fourth-order valence-corrected chi connectivity index (χ4v) is 4.21. The minimum atomic E-state index is -0.368. The van der Waals surface area contributed by atoms with Gasteiger partial charge in [-0.2, -0.15) is 0 Å².